The molecule has 0 amide bonds. The third-order valence-electron chi connectivity index (χ3n) is 7.96. The van der Waals surface area contributed by atoms with E-state index >= 15 is 0 Å². The second-order valence-corrected chi connectivity index (χ2v) is 10.8. The van der Waals surface area contributed by atoms with Gasteiger partial charge in [0.05, 0.1) is 7.11 Å². The molecule has 4 heteroatoms. The first-order chi connectivity index (χ1) is 20.6. The highest BCUT2D eigenvalue weighted by molar-refractivity contribution is 5.81. The second-order valence-electron chi connectivity index (χ2n) is 10.8. The molecule has 2 N–H and O–H groups in total. The highest BCUT2D eigenvalue weighted by Gasteiger charge is 2.19. The second kappa shape index (κ2) is 13.9. The van der Waals surface area contributed by atoms with Crippen molar-refractivity contribution in [1.82, 2.24) is 0 Å². The number of nitrogens with zero attached hydrogens (tertiary/aromatic N) is 2. The Labute approximate surface area is 251 Å². The molecule has 42 heavy (non-hydrogen) atoms. The molecule has 5 aromatic carbocycles. The Kier molecular flexibility index (Phi) is 9.58. The minimum atomic E-state index is 0.443. The molecule has 0 radical (unpaired) electrons. The van der Waals surface area contributed by atoms with E-state index in [4.69, 9.17) is 10.5 Å². The third-order valence-corrected chi connectivity index (χ3v) is 7.96. The molecule has 5 aromatic rings. The first-order valence-electron chi connectivity index (χ1n) is 14.9. The number of para-hydroxylation sites is 2. The molecule has 0 heterocycles. The van der Waals surface area contributed by atoms with Crippen LogP contribution in [0.2, 0.25) is 0 Å². The van der Waals surface area contributed by atoms with E-state index in [0.717, 1.165) is 52.7 Å². The molecule has 0 saturated carbocycles. The van der Waals surface area contributed by atoms with Gasteiger partial charge in [0.2, 0.25) is 0 Å². The van der Waals surface area contributed by atoms with Crippen LogP contribution in [0, 0.1) is 5.92 Å². The predicted octanol–water partition coefficient (Wildman–Crippen LogP) is 10.1. The lowest BCUT2D eigenvalue weighted by molar-refractivity contribution is 0.415. The molecule has 0 aromatic heterocycles. The van der Waals surface area contributed by atoms with E-state index in [1.54, 1.807) is 7.11 Å². The smallest absolute Gasteiger partial charge is 0.119 e. The van der Waals surface area contributed by atoms with Crippen molar-refractivity contribution >= 4 is 34.1 Å². The average molecular weight is 556 g/mol. The maximum atomic E-state index is 6.08. The van der Waals surface area contributed by atoms with Gasteiger partial charge in [-0.1, -0.05) is 68.8 Å². The van der Waals surface area contributed by atoms with E-state index in [0.29, 0.717) is 18.4 Å². The number of anilines is 6. The van der Waals surface area contributed by atoms with E-state index in [1.165, 1.54) is 5.56 Å². The SMILES string of the molecule is CCCC(c1ccc(N(c2ccc(OC)cc2)c2ccc(N(c3ccccc3)c3ccccc3)cc2)cc1)C(C)CN. The number of rotatable bonds is 12. The molecule has 2 atom stereocenters. The van der Waals surface area contributed by atoms with Crippen molar-refractivity contribution in [2.45, 2.75) is 32.6 Å². The minimum absolute atomic E-state index is 0.443. The number of hydrogen-bond donors (Lipinski definition) is 1. The Balaban J connectivity index is 1.53. The summed E-state index contributed by atoms with van der Waals surface area (Å²) >= 11 is 0. The van der Waals surface area contributed by atoms with Crippen molar-refractivity contribution in [3.8, 4) is 5.75 Å². The number of nitrogens with two attached hydrogens (primary N) is 1. The van der Waals surface area contributed by atoms with Crippen LogP contribution in [0.5, 0.6) is 5.75 Å². The van der Waals surface area contributed by atoms with Gasteiger partial charge in [-0.3, -0.25) is 0 Å². The molecule has 5 rings (SSSR count). The summed E-state index contributed by atoms with van der Waals surface area (Å²) in [5, 5.41) is 0. The summed E-state index contributed by atoms with van der Waals surface area (Å²) in [5.74, 6) is 1.74. The molecule has 0 saturated heterocycles. The highest BCUT2D eigenvalue weighted by Crippen LogP contribution is 2.40. The van der Waals surface area contributed by atoms with Crippen LogP contribution < -0.4 is 20.3 Å². The van der Waals surface area contributed by atoms with E-state index < -0.39 is 0 Å². The zero-order valence-electron chi connectivity index (χ0n) is 24.9. The van der Waals surface area contributed by atoms with Crippen molar-refractivity contribution in [3.05, 3.63) is 139 Å². The molecule has 0 aliphatic heterocycles. The largest absolute Gasteiger partial charge is 0.497 e. The Morgan fingerprint density at radius 3 is 1.33 bits per heavy atom. The molecule has 0 spiro atoms. The van der Waals surface area contributed by atoms with E-state index in [9.17, 15) is 0 Å². The fourth-order valence-electron chi connectivity index (χ4n) is 5.66. The predicted molar refractivity (Wildman–Crippen MR) is 178 cm³/mol. The first-order valence-corrected chi connectivity index (χ1v) is 14.9. The number of benzene rings is 5. The number of methoxy groups -OCH3 is 1. The molecule has 4 nitrogen and oxygen atoms in total. The lowest BCUT2D eigenvalue weighted by Gasteiger charge is -2.29. The maximum absolute atomic E-state index is 6.08. The van der Waals surface area contributed by atoms with E-state index in [2.05, 4.69) is 145 Å². The van der Waals surface area contributed by atoms with Crippen molar-refractivity contribution in [2.24, 2.45) is 11.7 Å². The molecule has 0 aliphatic rings. The molecular formula is C38H41N3O. The topological polar surface area (TPSA) is 41.7 Å². The van der Waals surface area contributed by atoms with E-state index in [-0.39, 0.29) is 0 Å². The summed E-state index contributed by atoms with van der Waals surface area (Å²) < 4.78 is 5.45. The van der Waals surface area contributed by atoms with Crippen molar-refractivity contribution in [1.29, 1.82) is 0 Å². The molecular weight excluding hydrogens is 514 g/mol. The monoisotopic (exact) mass is 555 g/mol. The fourth-order valence-corrected chi connectivity index (χ4v) is 5.66. The standard InChI is InChI=1S/C38H41N3O/c1-4-11-38(29(2)28-39)30-16-18-33(19-17-30)41(36-24-26-37(42-3)27-25-36)35-22-20-34(21-23-35)40(31-12-7-5-8-13-31)32-14-9-6-10-15-32/h5-10,12-27,29,38H,4,11,28,39H2,1-3H3. The molecule has 0 fully saturated rings. The van der Waals surface area contributed by atoms with Gasteiger partial charge in [0.1, 0.15) is 5.75 Å². The van der Waals surface area contributed by atoms with Gasteiger partial charge in [0.25, 0.3) is 0 Å². The van der Waals surface area contributed by atoms with Gasteiger partial charge in [0.15, 0.2) is 0 Å². The van der Waals surface area contributed by atoms with Crippen molar-refractivity contribution < 1.29 is 4.74 Å². The molecule has 0 bridgehead atoms. The Morgan fingerprint density at radius 2 is 0.952 bits per heavy atom. The Morgan fingerprint density at radius 1 is 0.571 bits per heavy atom. The molecule has 214 valence electrons. The molecule has 0 aliphatic carbocycles. The van der Waals surface area contributed by atoms with Crippen LogP contribution in [-0.2, 0) is 0 Å². The van der Waals surface area contributed by atoms with Gasteiger partial charge in [-0.2, -0.15) is 0 Å². The van der Waals surface area contributed by atoms with Crippen LogP contribution in [0.3, 0.4) is 0 Å². The Bertz CT molecular complexity index is 1460. The van der Waals surface area contributed by atoms with Crippen LogP contribution in [-0.4, -0.2) is 13.7 Å². The van der Waals surface area contributed by atoms with Crippen LogP contribution in [0.25, 0.3) is 0 Å². The lowest BCUT2D eigenvalue weighted by Crippen LogP contribution is -2.19. The van der Waals surface area contributed by atoms with Gasteiger partial charge < -0.3 is 20.3 Å². The summed E-state index contributed by atoms with van der Waals surface area (Å²) in [4.78, 5) is 4.58. The van der Waals surface area contributed by atoms with Gasteiger partial charge in [-0.05, 0) is 115 Å². The zero-order chi connectivity index (χ0) is 29.3. The molecule has 2 unspecified atom stereocenters. The van der Waals surface area contributed by atoms with Gasteiger partial charge in [0, 0.05) is 34.1 Å². The Hall–Kier alpha value is -4.54. The third kappa shape index (κ3) is 6.50. The summed E-state index contributed by atoms with van der Waals surface area (Å²) in [6.45, 7) is 5.20. The quantitative estimate of drug-likeness (QED) is 0.166. The maximum Gasteiger partial charge on any atom is 0.119 e. The highest BCUT2D eigenvalue weighted by atomic mass is 16.5. The van der Waals surface area contributed by atoms with Crippen molar-refractivity contribution in [3.63, 3.8) is 0 Å². The van der Waals surface area contributed by atoms with E-state index in [1.807, 2.05) is 12.1 Å². The zero-order valence-corrected chi connectivity index (χ0v) is 24.9. The van der Waals surface area contributed by atoms with Crippen LogP contribution >= 0.6 is 0 Å². The average Bonchev–Trinajstić information content (AvgIpc) is 3.06. The van der Waals surface area contributed by atoms with Crippen molar-refractivity contribution in [2.75, 3.05) is 23.5 Å². The van der Waals surface area contributed by atoms with Gasteiger partial charge >= 0.3 is 0 Å². The minimum Gasteiger partial charge on any atom is -0.497 e. The summed E-state index contributed by atoms with van der Waals surface area (Å²) in [5.41, 5.74) is 14.0. The first kappa shape index (κ1) is 29.0. The number of ether oxygens (including phenoxy) is 1. The summed E-state index contributed by atoms with van der Waals surface area (Å²) in [6, 6.07) is 47.0. The fraction of sp³-hybridized carbons (Fsp3) is 0.211. The van der Waals surface area contributed by atoms with Crippen LogP contribution in [0.1, 0.15) is 38.2 Å². The normalized spacial score (nSPS) is 12.4. The lowest BCUT2D eigenvalue weighted by atomic mass is 9.84. The van der Waals surface area contributed by atoms with Crippen LogP contribution in [0.15, 0.2) is 133 Å². The van der Waals surface area contributed by atoms with Crippen LogP contribution in [0.4, 0.5) is 34.1 Å². The summed E-state index contributed by atoms with van der Waals surface area (Å²) in [6.07, 6.45) is 2.28. The van der Waals surface area contributed by atoms with Gasteiger partial charge in [-0.15, -0.1) is 0 Å². The van der Waals surface area contributed by atoms with Gasteiger partial charge in [-0.25, -0.2) is 0 Å². The summed E-state index contributed by atoms with van der Waals surface area (Å²) in [7, 11) is 1.70. The number of hydrogen-bond acceptors (Lipinski definition) is 4.